The zero-order valence-corrected chi connectivity index (χ0v) is 13.1. The molecule has 4 nitrogen and oxygen atoms in total. The molecule has 0 bridgehead atoms. The molecule has 17 heavy (non-hydrogen) atoms. The molecular formula is C12H23NaO4. The third-order valence-corrected chi connectivity index (χ3v) is 1.91. The van der Waals surface area contributed by atoms with Crippen molar-refractivity contribution in [1.29, 1.82) is 0 Å². The third kappa shape index (κ3) is 31.4. The molecular weight excluding hydrogens is 231 g/mol. The van der Waals surface area contributed by atoms with Crippen LogP contribution < -0.4 is 29.6 Å². The largest absolute Gasteiger partial charge is 1.00 e. The van der Waals surface area contributed by atoms with E-state index in [1.165, 1.54) is 38.5 Å². The van der Waals surface area contributed by atoms with Crippen molar-refractivity contribution in [2.45, 2.75) is 58.3 Å². The monoisotopic (exact) mass is 254 g/mol. The average Bonchev–Trinajstić information content (AvgIpc) is 2.16. The van der Waals surface area contributed by atoms with Crippen molar-refractivity contribution in [3.63, 3.8) is 0 Å². The molecule has 0 aromatic rings. The Hall–Kier alpha value is -0.0600. The van der Waals surface area contributed by atoms with Crippen LogP contribution >= 0.6 is 0 Å². The van der Waals surface area contributed by atoms with E-state index in [9.17, 15) is 9.59 Å². The Morgan fingerprint density at radius 2 is 1.35 bits per heavy atom. The molecule has 0 aliphatic rings. The molecule has 0 aliphatic heterocycles. The minimum Gasteiger partial charge on any atom is -0.481 e. The van der Waals surface area contributed by atoms with Crippen molar-refractivity contribution in [3.8, 4) is 0 Å². The number of carboxylic acid groups (broad SMARTS) is 2. The van der Waals surface area contributed by atoms with E-state index in [0.717, 1.165) is 6.42 Å². The molecule has 0 spiro atoms. The maximum atomic E-state index is 9.43. The maximum Gasteiger partial charge on any atom is 1.00 e. The molecule has 5 heteroatoms. The van der Waals surface area contributed by atoms with Gasteiger partial charge < -0.3 is 17.1 Å². The van der Waals surface area contributed by atoms with E-state index in [1.807, 2.05) is 0 Å². The van der Waals surface area contributed by atoms with Gasteiger partial charge in [0.25, 0.3) is 0 Å². The van der Waals surface area contributed by atoms with Crippen molar-refractivity contribution in [3.05, 3.63) is 6.92 Å². The second-order valence-electron chi connectivity index (χ2n) is 3.59. The van der Waals surface area contributed by atoms with Gasteiger partial charge in [-0.2, -0.15) is 6.42 Å². The second-order valence-corrected chi connectivity index (χ2v) is 3.59. The topological polar surface area (TPSA) is 74.6 Å². The van der Waals surface area contributed by atoms with Crippen LogP contribution in [-0.2, 0) is 9.59 Å². The summed E-state index contributed by atoms with van der Waals surface area (Å²) in [7, 11) is 0. The maximum absolute atomic E-state index is 9.43. The molecule has 0 aromatic carbocycles. The molecule has 0 aromatic heterocycles. The van der Waals surface area contributed by atoms with Gasteiger partial charge in [0.2, 0.25) is 0 Å². The first-order valence-electron chi connectivity index (χ1n) is 5.77. The van der Waals surface area contributed by atoms with Crippen molar-refractivity contribution in [2.24, 2.45) is 0 Å². The van der Waals surface area contributed by atoms with Crippen LogP contribution in [-0.4, -0.2) is 22.2 Å². The average molecular weight is 254 g/mol. The van der Waals surface area contributed by atoms with E-state index < -0.39 is 18.4 Å². The smallest absolute Gasteiger partial charge is 0.481 e. The summed E-state index contributed by atoms with van der Waals surface area (Å²) in [4.78, 5) is 18.9. The van der Waals surface area contributed by atoms with Crippen LogP contribution in [0.2, 0.25) is 0 Å². The van der Waals surface area contributed by atoms with E-state index in [4.69, 9.17) is 10.2 Å². The minimum absolute atomic E-state index is 0. The third-order valence-electron chi connectivity index (χ3n) is 1.91. The van der Waals surface area contributed by atoms with E-state index in [-0.39, 0.29) is 29.6 Å². The predicted molar refractivity (Wildman–Crippen MR) is 63.2 cm³/mol. The van der Waals surface area contributed by atoms with Gasteiger partial charge in [0, 0.05) is 0 Å². The normalized spacial score (nSPS) is 8.59. The summed E-state index contributed by atoms with van der Waals surface area (Å²) < 4.78 is 0. The first kappa shape index (κ1) is 22.1. The molecule has 0 heterocycles. The number of carbonyl (C=O) groups is 2. The number of aliphatic carboxylic acids is 2. The van der Waals surface area contributed by atoms with Crippen LogP contribution in [0.5, 0.6) is 0 Å². The van der Waals surface area contributed by atoms with E-state index in [1.54, 1.807) is 0 Å². The number of hydrogen-bond donors (Lipinski definition) is 2. The molecule has 0 fully saturated rings. The standard InChI is InChI=1S/C9H19.C3H4O4.Na/c1-3-5-7-9-8-6-4-2;4-2(5)1-3(6)7;/h1,3-9H2,2H3;1H2,(H,4,5)(H,6,7);/q-1;;+1. The summed E-state index contributed by atoms with van der Waals surface area (Å²) in [6, 6.07) is 0. The van der Waals surface area contributed by atoms with Gasteiger partial charge in [-0.1, -0.05) is 45.4 Å². The van der Waals surface area contributed by atoms with Gasteiger partial charge >= 0.3 is 41.5 Å². The first-order chi connectivity index (χ1) is 7.54. The number of hydrogen-bond acceptors (Lipinski definition) is 2. The summed E-state index contributed by atoms with van der Waals surface area (Å²) in [5.74, 6) is -2.62. The Morgan fingerprint density at radius 3 is 1.65 bits per heavy atom. The second kappa shape index (κ2) is 18.3. The van der Waals surface area contributed by atoms with Crippen molar-refractivity contribution >= 4 is 11.9 Å². The summed E-state index contributed by atoms with van der Waals surface area (Å²) in [6.45, 7) is 6.05. The van der Waals surface area contributed by atoms with Crippen molar-refractivity contribution in [2.75, 3.05) is 0 Å². The molecule has 0 aliphatic carbocycles. The SMILES string of the molecule is O=C(O)CC(=O)O.[CH2-]CCCCCCCC.[Na+]. The predicted octanol–water partition coefficient (Wildman–Crippen LogP) is 0.121. The number of unbranched alkanes of at least 4 members (excludes halogenated alkanes) is 6. The van der Waals surface area contributed by atoms with Crippen molar-refractivity contribution < 1.29 is 49.4 Å². The van der Waals surface area contributed by atoms with Gasteiger partial charge in [-0.15, -0.1) is 0 Å². The van der Waals surface area contributed by atoms with Crippen molar-refractivity contribution in [1.82, 2.24) is 0 Å². The van der Waals surface area contributed by atoms with Gasteiger partial charge in [-0.05, 0) is 0 Å². The number of carboxylic acids is 2. The van der Waals surface area contributed by atoms with Gasteiger partial charge in [0.15, 0.2) is 0 Å². The van der Waals surface area contributed by atoms with Crippen LogP contribution in [0.3, 0.4) is 0 Å². The Morgan fingerprint density at radius 1 is 0.941 bits per heavy atom. The van der Waals surface area contributed by atoms with Crippen LogP contribution in [0.15, 0.2) is 0 Å². The molecule has 2 N–H and O–H groups in total. The first-order valence-corrected chi connectivity index (χ1v) is 5.77. The molecule has 0 unspecified atom stereocenters. The van der Waals surface area contributed by atoms with Gasteiger partial charge in [0.05, 0.1) is 0 Å². The van der Waals surface area contributed by atoms with Crippen LogP contribution in [0.1, 0.15) is 58.3 Å². The molecule has 0 saturated carbocycles. The Labute approximate surface area is 126 Å². The van der Waals surface area contributed by atoms with E-state index in [0.29, 0.717) is 0 Å². The fraction of sp³-hybridized carbons (Fsp3) is 0.750. The molecule has 0 rings (SSSR count). The van der Waals surface area contributed by atoms with E-state index >= 15 is 0 Å². The van der Waals surface area contributed by atoms with Gasteiger partial charge in [-0.3, -0.25) is 9.59 Å². The Balaban J connectivity index is -0.000000224. The zero-order chi connectivity index (χ0) is 12.8. The summed E-state index contributed by atoms with van der Waals surface area (Å²) in [5, 5.41) is 15.4. The Kier molecular flexibility index (Phi) is 23.9. The quantitative estimate of drug-likeness (QED) is 0.279. The fourth-order valence-electron chi connectivity index (χ4n) is 1.09. The summed E-state index contributed by atoms with van der Waals surface area (Å²) >= 11 is 0. The molecule has 0 saturated heterocycles. The van der Waals surface area contributed by atoms with Crippen LogP contribution in [0.25, 0.3) is 0 Å². The molecule has 0 radical (unpaired) electrons. The fourth-order valence-corrected chi connectivity index (χ4v) is 1.09. The Bertz CT molecular complexity index is 165. The summed E-state index contributed by atoms with van der Waals surface area (Å²) in [5.41, 5.74) is 0. The molecule has 0 amide bonds. The molecule has 0 atom stereocenters. The van der Waals surface area contributed by atoms with E-state index in [2.05, 4.69) is 13.8 Å². The summed E-state index contributed by atoms with van der Waals surface area (Å²) in [6.07, 6.45) is 8.64. The number of rotatable bonds is 8. The zero-order valence-electron chi connectivity index (χ0n) is 11.1. The van der Waals surface area contributed by atoms with Gasteiger partial charge in [-0.25, -0.2) is 0 Å². The van der Waals surface area contributed by atoms with Crippen LogP contribution in [0, 0.1) is 6.92 Å². The van der Waals surface area contributed by atoms with Crippen LogP contribution in [0.4, 0.5) is 0 Å². The van der Waals surface area contributed by atoms with Gasteiger partial charge in [0.1, 0.15) is 6.42 Å². The minimum atomic E-state index is -1.31. The molecule has 96 valence electrons.